The summed E-state index contributed by atoms with van der Waals surface area (Å²) in [7, 11) is 0. The molecule has 0 spiro atoms. The predicted molar refractivity (Wildman–Crippen MR) is 301 cm³/mol. The molecule has 0 unspecified atom stereocenters. The molecule has 5 aliphatic rings. The Morgan fingerprint density at radius 1 is 0.514 bits per heavy atom. The van der Waals surface area contributed by atoms with Crippen LogP contribution in [0.1, 0.15) is 96.8 Å². The third-order valence-corrected chi connectivity index (χ3v) is 17.8. The van der Waals surface area contributed by atoms with Crippen molar-refractivity contribution in [2.45, 2.75) is 78.1 Å². The molecule has 0 fully saturated rings. The van der Waals surface area contributed by atoms with Crippen molar-refractivity contribution in [2.24, 2.45) is 0 Å². The first-order valence-electron chi connectivity index (χ1n) is 26.1. The highest BCUT2D eigenvalue weighted by atomic mass is 15.0. The molecule has 1 aliphatic heterocycles. The third kappa shape index (κ3) is 5.72. The lowest BCUT2D eigenvalue weighted by Crippen LogP contribution is -2.14. The van der Waals surface area contributed by atoms with Gasteiger partial charge in [0.15, 0.2) is 0 Å². The van der Waals surface area contributed by atoms with Crippen molar-refractivity contribution in [2.75, 3.05) is 6.54 Å². The summed E-state index contributed by atoms with van der Waals surface area (Å²) in [6.07, 6.45) is 15.0. The Labute approximate surface area is 421 Å². The van der Waals surface area contributed by atoms with Crippen molar-refractivity contribution >= 4 is 50.1 Å². The number of aryl methyl sites for hydroxylation is 3. The molecule has 0 saturated heterocycles. The van der Waals surface area contributed by atoms with Gasteiger partial charge in [-0.25, -0.2) is 0 Å². The predicted octanol–water partition coefficient (Wildman–Crippen LogP) is 16.3. The first kappa shape index (κ1) is 41.8. The first-order valence-corrected chi connectivity index (χ1v) is 26.1. The molecule has 0 bridgehead atoms. The smallest absolute Gasteiger partial charge is 0.0671 e. The van der Waals surface area contributed by atoms with Gasteiger partial charge in [0.2, 0.25) is 0 Å². The lowest BCUT2D eigenvalue weighted by atomic mass is 9.81. The summed E-state index contributed by atoms with van der Waals surface area (Å²) in [5.41, 5.74) is 33.2. The van der Waals surface area contributed by atoms with Gasteiger partial charge in [-0.2, -0.15) is 0 Å². The topological polar surface area (TPSA) is 34.8 Å². The highest BCUT2D eigenvalue weighted by Crippen LogP contribution is 2.52. The largest absolute Gasteiger partial charge is 0.386 e. The van der Waals surface area contributed by atoms with E-state index in [1.807, 2.05) is 6.20 Å². The summed E-state index contributed by atoms with van der Waals surface area (Å²) in [6, 6.07) is 51.9. The van der Waals surface area contributed by atoms with Crippen LogP contribution in [-0.2, 0) is 30.1 Å². The number of nitrogens with one attached hydrogen (secondary N) is 1. The van der Waals surface area contributed by atoms with Crippen molar-refractivity contribution in [3.8, 4) is 50.2 Å². The zero-order chi connectivity index (χ0) is 48.4. The molecular weight excluding hydrogens is 873 g/mol. The maximum Gasteiger partial charge on any atom is 0.0671 e. The van der Waals surface area contributed by atoms with E-state index in [4.69, 9.17) is 4.98 Å². The van der Waals surface area contributed by atoms with Crippen molar-refractivity contribution in [1.29, 1.82) is 0 Å². The van der Waals surface area contributed by atoms with Crippen LogP contribution in [-0.4, -0.2) is 20.7 Å². The molecule has 4 nitrogen and oxygen atoms in total. The molecule has 10 aromatic rings. The Hall–Kier alpha value is -7.95. The molecule has 0 atom stereocenters. The highest BCUT2D eigenvalue weighted by Gasteiger charge is 2.37. The number of pyridine rings is 1. The van der Waals surface area contributed by atoms with Crippen LogP contribution < -0.4 is 5.32 Å². The number of rotatable bonds is 4. The third-order valence-electron chi connectivity index (χ3n) is 17.8. The summed E-state index contributed by atoms with van der Waals surface area (Å²) in [5.74, 6) is 0. The van der Waals surface area contributed by atoms with Crippen LogP contribution >= 0.6 is 0 Å². The molecule has 348 valence electrons. The number of hydrogen-bond donors (Lipinski definition) is 1. The van der Waals surface area contributed by atoms with Gasteiger partial charge in [0.25, 0.3) is 0 Å². The fraction of sp³-hybridized carbons (Fsp3) is 0.191. The normalized spacial score (nSPS) is 16.5. The molecule has 72 heavy (non-hydrogen) atoms. The first-order chi connectivity index (χ1) is 35.0. The van der Waals surface area contributed by atoms with Crippen LogP contribution in [0, 0.1) is 6.92 Å². The molecule has 0 saturated carbocycles. The Bertz CT molecular complexity index is 4170. The Kier molecular flexibility index (Phi) is 8.59. The Balaban J connectivity index is 0.907. The van der Waals surface area contributed by atoms with Crippen molar-refractivity contribution in [3.63, 3.8) is 0 Å². The molecule has 3 aromatic heterocycles. The molecule has 7 aromatic carbocycles. The van der Waals surface area contributed by atoms with Gasteiger partial charge in [-0.1, -0.05) is 113 Å². The van der Waals surface area contributed by atoms with Gasteiger partial charge >= 0.3 is 0 Å². The standard InChI is InChI=1S/C68H56N4/c1-39-25-27-69-37-65(39)71-61-23-19-43(41-17-21-59-51(29-41)47-11-7-9-13-57(47)67(59,3)4)31-53(61)55-33-45-15-16-46-34-56-54-32-44(42-18-22-60-52(30-42)48-12-8-10-14-58(48)68(60,5)6)20-24-62(54)72(66-38-70-28-26-40(66)2)64(56)36-50(46)49(45)35-63(55)71/h7-14,17-19,21-23,25-26,28-38,69H,15-16,20,24,27H2,1-6H3. The monoisotopic (exact) mass is 928 g/mol. The molecule has 4 aliphatic carbocycles. The zero-order valence-electron chi connectivity index (χ0n) is 42.0. The highest BCUT2D eigenvalue weighted by molar-refractivity contribution is 6.14. The minimum absolute atomic E-state index is 0.00752. The molecule has 4 heterocycles. The molecule has 4 heteroatoms. The molecule has 0 amide bonds. The van der Waals surface area contributed by atoms with Crippen LogP contribution in [0.25, 0.3) is 100 Å². The summed E-state index contributed by atoms with van der Waals surface area (Å²) < 4.78 is 5.07. The van der Waals surface area contributed by atoms with Gasteiger partial charge in [0, 0.05) is 57.2 Å². The van der Waals surface area contributed by atoms with E-state index in [0.29, 0.717) is 0 Å². The van der Waals surface area contributed by atoms with Crippen molar-refractivity contribution in [3.05, 3.63) is 219 Å². The van der Waals surface area contributed by atoms with Gasteiger partial charge in [0.1, 0.15) is 0 Å². The molecule has 1 N–H and O–H groups in total. The maximum absolute atomic E-state index is 4.72. The lowest BCUT2D eigenvalue weighted by Gasteiger charge is -2.22. The summed E-state index contributed by atoms with van der Waals surface area (Å²) >= 11 is 0. The zero-order valence-corrected chi connectivity index (χ0v) is 42.0. The van der Waals surface area contributed by atoms with E-state index in [1.165, 1.54) is 150 Å². The summed E-state index contributed by atoms with van der Waals surface area (Å²) in [4.78, 5) is 4.72. The Morgan fingerprint density at radius 2 is 1.11 bits per heavy atom. The van der Waals surface area contributed by atoms with Crippen LogP contribution in [0.5, 0.6) is 0 Å². The Morgan fingerprint density at radius 3 is 1.81 bits per heavy atom. The van der Waals surface area contributed by atoms with E-state index in [0.717, 1.165) is 37.9 Å². The van der Waals surface area contributed by atoms with E-state index >= 15 is 0 Å². The average molecular weight is 929 g/mol. The fourth-order valence-electron chi connectivity index (χ4n) is 13.9. The molecule has 0 radical (unpaired) electrons. The van der Waals surface area contributed by atoms with E-state index in [-0.39, 0.29) is 10.8 Å². The second-order valence-electron chi connectivity index (χ2n) is 22.3. The second kappa shape index (κ2) is 14.8. The van der Waals surface area contributed by atoms with Crippen molar-refractivity contribution < 1.29 is 0 Å². The number of nitrogens with zero attached hydrogens (tertiary/aromatic N) is 3. The van der Waals surface area contributed by atoms with Gasteiger partial charge in [-0.3, -0.25) is 4.98 Å². The van der Waals surface area contributed by atoms with Crippen molar-refractivity contribution in [1.82, 2.24) is 19.4 Å². The number of allylic oxidation sites excluding steroid dienone is 3. The number of hydrogen-bond acceptors (Lipinski definition) is 2. The SMILES string of the molecule is CC1=CCNC=C1n1c2ccc(-c3ccc4c(c3)-c3ccccc3C4(C)C)cc2c2cc3c(cc21)-c1cc2c(cc1CC3)c1c(n2-c2cnccc2C)CCC(c2ccc3c(c2)-c2ccccc2C3(C)C)=C1. The number of fused-ring (bicyclic) bond motifs is 15. The molecule has 15 rings (SSSR count). The van der Waals surface area contributed by atoms with Gasteiger partial charge in [0.05, 0.1) is 34.1 Å². The second-order valence-corrected chi connectivity index (χ2v) is 22.3. The maximum atomic E-state index is 4.72. The summed E-state index contributed by atoms with van der Waals surface area (Å²) in [5, 5.41) is 7.50. The lowest BCUT2D eigenvalue weighted by molar-refractivity contribution is 0.660. The van der Waals surface area contributed by atoms with Gasteiger partial charge < -0.3 is 14.5 Å². The van der Waals surface area contributed by atoms with E-state index in [9.17, 15) is 0 Å². The van der Waals surface area contributed by atoms with E-state index in [2.05, 4.69) is 214 Å². The summed E-state index contributed by atoms with van der Waals surface area (Å²) in [6.45, 7) is 14.8. The average Bonchev–Trinajstić information content (AvgIpc) is 4.05. The number of aromatic nitrogens is 3. The van der Waals surface area contributed by atoms with Crippen LogP contribution in [0.15, 0.2) is 164 Å². The quantitative estimate of drug-likeness (QED) is 0.191. The minimum atomic E-state index is -0.0197. The van der Waals surface area contributed by atoms with Gasteiger partial charge in [-0.05, 0) is 200 Å². The van der Waals surface area contributed by atoms with E-state index in [1.54, 1.807) is 0 Å². The molecular formula is C68H56N4. The fourth-order valence-corrected chi connectivity index (χ4v) is 13.9. The number of dihydropyridines is 1. The number of benzene rings is 7. The van der Waals surface area contributed by atoms with Crippen LogP contribution in [0.3, 0.4) is 0 Å². The minimum Gasteiger partial charge on any atom is -0.386 e. The van der Waals surface area contributed by atoms with Crippen LogP contribution in [0.2, 0.25) is 0 Å². The van der Waals surface area contributed by atoms with Gasteiger partial charge in [-0.15, -0.1) is 0 Å². The van der Waals surface area contributed by atoms with Crippen LogP contribution in [0.4, 0.5) is 0 Å². The van der Waals surface area contributed by atoms with E-state index < -0.39 is 0 Å².